The van der Waals surface area contributed by atoms with E-state index in [2.05, 4.69) is 108 Å². The van der Waals surface area contributed by atoms with Crippen LogP contribution in [-0.4, -0.2) is 0 Å². The molecule has 0 aliphatic rings. The van der Waals surface area contributed by atoms with Crippen molar-refractivity contribution in [2.24, 2.45) is 0 Å². The van der Waals surface area contributed by atoms with E-state index < -0.39 is 0 Å². The first-order chi connectivity index (χ1) is 11.8. The van der Waals surface area contributed by atoms with Crippen LogP contribution in [0.5, 0.6) is 0 Å². The van der Waals surface area contributed by atoms with Gasteiger partial charge in [0.05, 0.1) is 0 Å². The van der Waals surface area contributed by atoms with Crippen molar-refractivity contribution in [1.82, 2.24) is 0 Å². The normalized spacial score (nSPS) is 10.4. The van der Waals surface area contributed by atoms with Gasteiger partial charge in [0, 0.05) is 0 Å². The Morgan fingerprint density at radius 1 is 0.880 bits per heavy atom. The molecule has 2 aromatic rings. The molecule has 0 aromatic heterocycles. The number of aryl methyl sites for hydroxylation is 2. The van der Waals surface area contributed by atoms with E-state index in [0.717, 1.165) is 4.91 Å². The lowest BCUT2D eigenvalue weighted by molar-refractivity contribution is 1.35. The first kappa shape index (κ1) is 23.0. The third kappa shape index (κ3) is 10.5. The van der Waals surface area contributed by atoms with E-state index in [0.29, 0.717) is 0 Å². The summed E-state index contributed by atoms with van der Waals surface area (Å²) in [6.07, 6.45) is 6.36. The third-order valence-corrected chi connectivity index (χ3v) is 3.54. The van der Waals surface area contributed by atoms with Crippen molar-refractivity contribution in [3.63, 3.8) is 0 Å². The summed E-state index contributed by atoms with van der Waals surface area (Å²) in [5.41, 5.74) is 6.70. The van der Waals surface area contributed by atoms with Gasteiger partial charge in [0.2, 0.25) is 0 Å². The highest BCUT2D eigenvalue weighted by atomic mass is 32.1. The van der Waals surface area contributed by atoms with Crippen LogP contribution in [0.4, 0.5) is 0 Å². The molecule has 0 unspecified atom stereocenters. The topological polar surface area (TPSA) is 0 Å². The van der Waals surface area contributed by atoms with Gasteiger partial charge in [-0.25, -0.2) is 0 Å². The average Bonchev–Trinajstić information content (AvgIpc) is 2.58. The van der Waals surface area contributed by atoms with Gasteiger partial charge in [0.25, 0.3) is 0 Å². The molecule has 0 aliphatic carbocycles. The minimum Gasteiger partial charge on any atom is -0.149 e. The van der Waals surface area contributed by atoms with Crippen LogP contribution in [0.25, 0.3) is 11.6 Å². The maximum absolute atomic E-state index is 3.77. The second kappa shape index (κ2) is 13.3. The van der Waals surface area contributed by atoms with E-state index in [1.807, 2.05) is 19.9 Å². The molecule has 0 N–H and O–H groups in total. The summed E-state index contributed by atoms with van der Waals surface area (Å²) in [5.74, 6) is 0. The van der Waals surface area contributed by atoms with E-state index in [1.54, 1.807) is 0 Å². The van der Waals surface area contributed by atoms with Crippen LogP contribution < -0.4 is 0 Å². The lowest BCUT2D eigenvalue weighted by Gasteiger charge is -2.02. The molecule has 0 aliphatic heterocycles. The molecule has 0 radical (unpaired) electrons. The summed E-state index contributed by atoms with van der Waals surface area (Å²) in [6.45, 7) is 15.8. The average molecular weight is 353 g/mol. The Kier molecular flexibility index (Phi) is 12.3. The van der Waals surface area contributed by atoms with Crippen molar-refractivity contribution < 1.29 is 0 Å². The Morgan fingerprint density at radius 2 is 1.36 bits per heavy atom. The Balaban J connectivity index is 0.000000383. The number of thiol groups is 1. The lowest BCUT2D eigenvalue weighted by Crippen LogP contribution is -1.83. The van der Waals surface area contributed by atoms with E-state index >= 15 is 0 Å². The molecule has 134 valence electrons. The standard InChI is InChI=1S/C11H14.C10H12.C3H6S/c1-4-6-11-9(2)7-5-8-10(11)3;1-3-9(2)10-7-5-4-6-8-10;1-3(2)4/h4-8H,1-3H3;3-8H,1-2H3;4H,1H2,2H3/b6-4-;9-3+;. The van der Waals surface area contributed by atoms with Crippen LogP contribution in [0.15, 0.2) is 72.2 Å². The van der Waals surface area contributed by atoms with Gasteiger partial charge < -0.3 is 0 Å². The van der Waals surface area contributed by atoms with Gasteiger partial charge in [0.1, 0.15) is 0 Å². The number of benzene rings is 2. The Bertz CT molecular complexity index is 667. The molecule has 0 nitrogen and oxygen atoms in total. The summed E-state index contributed by atoms with van der Waals surface area (Å²) in [4.78, 5) is 0.861. The predicted octanol–water partition coefficient (Wildman–Crippen LogP) is 7.90. The summed E-state index contributed by atoms with van der Waals surface area (Å²) >= 11 is 3.77. The Hall–Kier alpha value is -1.99. The zero-order valence-electron chi connectivity index (χ0n) is 16.5. The monoisotopic (exact) mass is 352 g/mol. The number of rotatable bonds is 2. The van der Waals surface area contributed by atoms with Crippen molar-refractivity contribution in [3.05, 3.63) is 94.4 Å². The van der Waals surface area contributed by atoms with E-state index in [-0.39, 0.29) is 0 Å². The van der Waals surface area contributed by atoms with Crippen LogP contribution in [0.1, 0.15) is 49.9 Å². The second-order valence-electron chi connectivity index (χ2n) is 5.88. The van der Waals surface area contributed by atoms with Gasteiger partial charge in [-0.1, -0.05) is 73.3 Å². The Morgan fingerprint density at radius 3 is 1.76 bits per heavy atom. The van der Waals surface area contributed by atoms with Gasteiger partial charge >= 0.3 is 0 Å². The summed E-state index contributed by atoms with van der Waals surface area (Å²) in [7, 11) is 0. The van der Waals surface area contributed by atoms with Crippen molar-refractivity contribution in [2.45, 2.75) is 41.5 Å². The summed E-state index contributed by atoms with van der Waals surface area (Å²) < 4.78 is 0. The highest BCUT2D eigenvalue weighted by Gasteiger charge is 1.95. The number of allylic oxidation sites excluding steroid dienone is 4. The molecule has 0 bridgehead atoms. The van der Waals surface area contributed by atoms with Crippen molar-refractivity contribution in [1.29, 1.82) is 0 Å². The zero-order chi connectivity index (χ0) is 19.2. The summed E-state index contributed by atoms with van der Waals surface area (Å²) in [6, 6.07) is 16.8. The zero-order valence-corrected chi connectivity index (χ0v) is 17.4. The molecular weight excluding hydrogens is 320 g/mol. The molecular formula is C24H32S. The molecule has 0 heterocycles. The number of hydrogen-bond acceptors (Lipinski definition) is 1. The molecule has 0 amide bonds. The van der Waals surface area contributed by atoms with Crippen LogP contribution in [0.3, 0.4) is 0 Å². The fourth-order valence-corrected chi connectivity index (χ4v) is 2.12. The molecule has 1 heteroatoms. The van der Waals surface area contributed by atoms with Crippen LogP contribution in [-0.2, 0) is 0 Å². The SMILES string of the molecule is C/C=C(\C)c1ccccc1.C/C=C\c1c(C)cccc1C.C=C(C)S. The van der Waals surface area contributed by atoms with Gasteiger partial charge in [-0.3, -0.25) is 0 Å². The van der Waals surface area contributed by atoms with Gasteiger partial charge in [-0.2, -0.15) is 0 Å². The fraction of sp³-hybridized carbons (Fsp3) is 0.250. The van der Waals surface area contributed by atoms with Crippen molar-refractivity contribution in [3.8, 4) is 0 Å². The van der Waals surface area contributed by atoms with Crippen molar-refractivity contribution in [2.75, 3.05) is 0 Å². The molecule has 25 heavy (non-hydrogen) atoms. The van der Waals surface area contributed by atoms with Crippen molar-refractivity contribution >= 4 is 24.3 Å². The molecule has 2 rings (SSSR count). The molecule has 0 spiro atoms. The fourth-order valence-electron chi connectivity index (χ4n) is 2.12. The van der Waals surface area contributed by atoms with Crippen LogP contribution in [0.2, 0.25) is 0 Å². The van der Waals surface area contributed by atoms with Gasteiger partial charge in [-0.15, -0.1) is 12.6 Å². The maximum Gasteiger partial charge on any atom is -0.0201 e. The second-order valence-corrected chi connectivity index (χ2v) is 6.64. The lowest BCUT2D eigenvalue weighted by atomic mass is 10.0. The van der Waals surface area contributed by atoms with E-state index in [9.17, 15) is 0 Å². The largest absolute Gasteiger partial charge is 0.149 e. The summed E-state index contributed by atoms with van der Waals surface area (Å²) in [5, 5.41) is 0. The molecule has 0 atom stereocenters. The smallest absolute Gasteiger partial charge is 0.0201 e. The van der Waals surface area contributed by atoms with Gasteiger partial charge in [-0.05, 0) is 74.3 Å². The maximum atomic E-state index is 3.77. The van der Waals surface area contributed by atoms with Gasteiger partial charge in [0.15, 0.2) is 0 Å². The Labute approximate surface area is 160 Å². The minimum absolute atomic E-state index is 0.861. The molecule has 0 fully saturated rings. The first-order valence-electron chi connectivity index (χ1n) is 8.55. The molecule has 0 saturated heterocycles. The first-order valence-corrected chi connectivity index (χ1v) is 8.99. The third-order valence-electron chi connectivity index (χ3n) is 3.54. The quantitative estimate of drug-likeness (QED) is 0.522. The van der Waals surface area contributed by atoms with E-state index in [1.165, 1.54) is 27.8 Å². The van der Waals surface area contributed by atoms with Crippen LogP contribution in [0, 0.1) is 13.8 Å². The number of hydrogen-bond donors (Lipinski definition) is 1. The van der Waals surface area contributed by atoms with Crippen LogP contribution >= 0.6 is 12.6 Å². The van der Waals surface area contributed by atoms with E-state index in [4.69, 9.17) is 0 Å². The molecule has 2 aromatic carbocycles. The highest BCUT2D eigenvalue weighted by Crippen LogP contribution is 2.14. The minimum atomic E-state index is 0.861. The molecule has 0 saturated carbocycles. The highest BCUT2D eigenvalue weighted by molar-refractivity contribution is 7.84. The predicted molar refractivity (Wildman–Crippen MR) is 120 cm³/mol.